The van der Waals surface area contributed by atoms with E-state index in [9.17, 15) is 8.42 Å². The molecule has 5 nitrogen and oxygen atoms in total. The molecule has 0 aromatic heterocycles. The number of hydrogen-bond donors (Lipinski definition) is 1. The van der Waals surface area contributed by atoms with Gasteiger partial charge in [0.05, 0.1) is 4.90 Å². The largest absolute Gasteiger partial charge is 0.355 e. The van der Waals surface area contributed by atoms with Crippen LogP contribution in [0.15, 0.2) is 23.1 Å². The van der Waals surface area contributed by atoms with Gasteiger partial charge in [0.2, 0.25) is 0 Å². The fourth-order valence-electron chi connectivity index (χ4n) is 1.92. The minimum absolute atomic E-state index is 0.124. The summed E-state index contributed by atoms with van der Waals surface area (Å²) in [4.78, 5) is -0.124. The third-order valence-electron chi connectivity index (χ3n) is 2.91. The first-order chi connectivity index (χ1) is 8.31. The second-order valence-corrected chi connectivity index (χ2v) is 5.54. The lowest BCUT2D eigenvalue weighted by atomic mass is 9.96. The zero-order valence-electron chi connectivity index (χ0n) is 10.9. The van der Waals surface area contributed by atoms with E-state index in [0.29, 0.717) is 0 Å². The summed E-state index contributed by atoms with van der Waals surface area (Å²) in [5, 5.41) is 0. The van der Waals surface area contributed by atoms with Crippen LogP contribution in [0.3, 0.4) is 0 Å². The number of rotatable bonds is 5. The lowest BCUT2D eigenvalue weighted by Crippen LogP contribution is -2.21. The van der Waals surface area contributed by atoms with Gasteiger partial charge in [0.15, 0.2) is 6.29 Å². The second-order valence-electron chi connectivity index (χ2n) is 4.12. The van der Waals surface area contributed by atoms with Crippen molar-refractivity contribution in [1.29, 1.82) is 0 Å². The summed E-state index contributed by atoms with van der Waals surface area (Å²) in [5.41, 5.74) is 1.67. The van der Waals surface area contributed by atoms with E-state index in [1.54, 1.807) is 6.07 Å². The summed E-state index contributed by atoms with van der Waals surface area (Å²) in [6.45, 7) is 3.73. The molecule has 0 amide bonds. The number of ether oxygens (including phenoxy) is 2. The normalized spacial score (nSPS) is 13.9. The molecule has 0 aliphatic rings. The quantitative estimate of drug-likeness (QED) is 0.656. The molecular weight excluding hydrogens is 256 g/mol. The Bertz CT molecular complexity index is 505. The van der Waals surface area contributed by atoms with Gasteiger partial charge < -0.3 is 9.47 Å². The first-order valence-electron chi connectivity index (χ1n) is 5.45. The molecule has 0 heterocycles. The molecule has 18 heavy (non-hydrogen) atoms. The van der Waals surface area contributed by atoms with Crippen LogP contribution >= 0.6 is 0 Å². The minimum Gasteiger partial charge on any atom is -0.355 e. The fourth-order valence-corrected chi connectivity index (χ4v) is 2.44. The Kier molecular flexibility index (Phi) is 4.86. The molecular formula is C12H18O5S. The molecule has 102 valence electrons. The van der Waals surface area contributed by atoms with Gasteiger partial charge in [-0.05, 0) is 30.2 Å². The average Bonchev–Trinajstić information content (AvgIpc) is 2.29. The smallest absolute Gasteiger partial charge is 0.294 e. The molecule has 0 spiro atoms. The highest BCUT2D eigenvalue weighted by atomic mass is 32.2. The molecule has 1 unspecified atom stereocenters. The van der Waals surface area contributed by atoms with Crippen molar-refractivity contribution < 1.29 is 22.4 Å². The average molecular weight is 274 g/mol. The number of aryl methyl sites for hydroxylation is 1. The van der Waals surface area contributed by atoms with Crippen LogP contribution in [0.25, 0.3) is 0 Å². The zero-order chi connectivity index (χ0) is 13.9. The Balaban J connectivity index is 3.23. The van der Waals surface area contributed by atoms with Gasteiger partial charge in [-0.15, -0.1) is 0 Å². The minimum atomic E-state index is -4.20. The lowest BCUT2D eigenvalue weighted by molar-refractivity contribution is -0.115. The second kappa shape index (κ2) is 5.79. The van der Waals surface area contributed by atoms with E-state index in [2.05, 4.69) is 0 Å². The van der Waals surface area contributed by atoms with Crippen LogP contribution in [0.5, 0.6) is 0 Å². The van der Waals surface area contributed by atoms with Crippen LogP contribution in [0, 0.1) is 6.92 Å². The fraction of sp³-hybridized carbons (Fsp3) is 0.500. The molecule has 1 N–H and O–H groups in total. The van der Waals surface area contributed by atoms with E-state index >= 15 is 0 Å². The summed E-state index contributed by atoms with van der Waals surface area (Å²) in [5.74, 6) is -0.151. The molecule has 1 atom stereocenters. The van der Waals surface area contributed by atoms with Crippen LogP contribution in [0.1, 0.15) is 24.0 Å². The van der Waals surface area contributed by atoms with E-state index < -0.39 is 16.4 Å². The van der Waals surface area contributed by atoms with Gasteiger partial charge in [0, 0.05) is 20.1 Å². The van der Waals surface area contributed by atoms with Crippen LogP contribution in [-0.2, 0) is 19.6 Å². The summed E-state index contributed by atoms with van der Waals surface area (Å²) < 4.78 is 41.6. The molecule has 1 aromatic carbocycles. The summed E-state index contributed by atoms with van der Waals surface area (Å²) in [6.07, 6.45) is -0.472. The summed E-state index contributed by atoms with van der Waals surface area (Å²) in [7, 11) is -1.16. The molecule has 0 saturated carbocycles. The molecule has 6 heteroatoms. The Morgan fingerprint density at radius 2 is 1.78 bits per heavy atom. The van der Waals surface area contributed by atoms with Crippen molar-refractivity contribution in [2.45, 2.75) is 31.0 Å². The van der Waals surface area contributed by atoms with Crippen molar-refractivity contribution >= 4 is 10.1 Å². The molecule has 0 bridgehead atoms. The molecule has 0 aliphatic heterocycles. The number of methoxy groups -OCH3 is 2. The summed E-state index contributed by atoms with van der Waals surface area (Å²) in [6, 6.07) is 4.47. The highest BCUT2D eigenvalue weighted by molar-refractivity contribution is 7.85. The third-order valence-corrected chi connectivity index (χ3v) is 3.76. The van der Waals surface area contributed by atoms with Crippen molar-refractivity contribution in [3.63, 3.8) is 0 Å². The van der Waals surface area contributed by atoms with Gasteiger partial charge in [-0.25, -0.2) is 0 Å². The van der Waals surface area contributed by atoms with Crippen molar-refractivity contribution in [2.75, 3.05) is 14.2 Å². The highest BCUT2D eigenvalue weighted by Gasteiger charge is 2.21. The Morgan fingerprint density at radius 1 is 1.22 bits per heavy atom. The van der Waals surface area contributed by atoms with Gasteiger partial charge in [0.1, 0.15) is 0 Å². The molecule has 1 rings (SSSR count). The topological polar surface area (TPSA) is 72.8 Å². The van der Waals surface area contributed by atoms with Crippen LogP contribution in [0.4, 0.5) is 0 Å². The predicted molar refractivity (Wildman–Crippen MR) is 67.2 cm³/mol. The first kappa shape index (κ1) is 15.1. The number of hydrogen-bond acceptors (Lipinski definition) is 4. The maximum Gasteiger partial charge on any atom is 0.294 e. The van der Waals surface area contributed by atoms with Crippen molar-refractivity contribution in [3.05, 3.63) is 29.3 Å². The standard InChI is InChI=1S/C12H18O5S/c1-8-5-6-10(18(13,14)15)7-11(8)9(2)12(16-3)17-4/h5-7,9,12H,1-4H3,(H,13,14,15). The van der Waals surface area contributed by atoms with Gasteiger partial charge >= 0.3 is 0 Å². The Hall–Kier alpha value is -0.950. The zero-order valence-corrected chi connectivity index (χ0v) is 11.7. The van der Waals surface area contributed by atoms with Gasteiger partial charge in [0.25, 0.3) is 10.1 Å². The first-order valence-corrected chi connectivity index (χ1v) is 6.89. The Labute approximate surface area is 107 Å². The van der Waals surface area contributed by atoms with Crippen LogP contribution in [-0.4, -0.2) is 33.5 Å². The van der Waals surface area contributed by atoms with E-state index in [-0.39, 0.29) is 10.8 Å². The van der Waals surface area contributed by atoms with Crippen molar-refractivity contribution in [3.8, 4) is 0 Å². The SMILES string of the molecule is COC(OC)C(C)c1cc(S(=O)(=O)O)ccc1C. The van der Waals surface area contributed by atoms with E-state index in [1.165, 1.54) is 26.4 Å². The lowest BCUT2D eigenvalue weighted by Gasteiger charge is -2.23. The van der Waals surface area contributed by atoms with E-state index in [4.69, 9.17) is 14.0 Å². The molecule has 0 radical (unpaired) electrons. The van der Waals surface area contributed by atoms with Crippen molar-refractivity contribution in [2.24, 2.45) is 0 Å². The highest BCUT2D eigenvalue weighted by Crippen LogP contribution is 2.27. The van der Waals surface area contributed by atoms with Gasteiger partial charge in [-0.2, -0.15) is 8.42 Å². The third kappa shape index (κ3) is 3.29. The van der Waals surface area contributed by atoms with Gasteiger partial charge in [-0.3, -0.25) is 4.55 Å². The summed E-state index contributed by atoms with van der Waals surface area (Å²) >= 11 is 0. The van der Waals surface area contributed by atoms with Crippen LogP contribution < -0.4 is 0 Å². The molecule has 0 aliphatic carbocycles. The van der Waals surface area contributed by atoms with Crippen molar-refractivity contribution in [1.82, 2.24) is 0 Å². The maximum absolute atomic E-state index is 11.1. The molecule has 0 saturated heterocycles. The van der Waals surface area contributed by atoms with E-state index in [1.807, 2.05) is 13.8 Å². The Morgan fingerprint density at radius 3 is 2.22 bits per heavy atom. The van der Waals surface area contributed by atoms with Gasteiger partial charge in [-0.1, -0.05) is 13.0 Å². The van der Waals surface area contributed by atoms with E-state index in [0.717, 1.165) is 11.1 Å². The monoisotopic (exact) mass is 274 g/mol. The van der Waals surface area contributed by atoms with Crippen LogP contribution in [0.2, 0.25) is 0 Å². The molecule has 0 fully saturated rings. The molecule has 1 aromatic rings. The predicted octanol–water partition coefficient (Wildman–Crippen LogP) is 1.96. The maximum atomic E-state index is 11.1. The number of benzene rings is 1.